The number of benzene rings is 1. The molecule has 0 aliphatic heterocycles. The number of hydrogen-bond acceptors (Lipinski definition) is 4. The van der Waals surface area contributed by atoms with Crippen LogP contribution in [0.1, 0.15) is 49.1 Å². The number of rotatable bonds is 4. The molecule has 2 N–H and O–H groups in total. The van der Waals surface area contributed by atoms with Gasteiger partial charge in [0, 0.05) is 5.56 Å². The quantitative estimate of drug-likeness (QED) is 0.886. The van der Waals surface area contributed by atoms with Crippen LogP contribution in [0, 0.1) is 0 Å². The highest BCUT2D eigenvalue weighted by Crippen LogP contribution is 2.25. The van der Waals surface area contributed by atoms with Crippen LogP contribution in [-0.2, 0) is 0 Å². The van der Waals surface area contributed by atoms with Crippen LogP contribution in [0.4, 0.5) is 0 Å². The summed E-state index contributed by atoms with van der Waals surface area (Å²) >= 11 is 0. The summed E-state index contributed by atoms with van der Waals surface area (Å²) < 4.78 is 10.8. The number of ether oxygens (including phenoxy) is 1. The first-order valence-corrected chi connectivity index (χ1v) is 8.90. The number of furan rings is 1. The highest BCUT2D eigenvalue weighted by Gasteiger charge is 2.24. The fourth-order valence-electron chi connectivity index (χ4n) is 3.24. The molecule has 5 heteroatoms. The topological polar surface area (TPSA) is 71.7 Å². The van der Waals surface area contributed by atoms with Gasteiger partial charge in [-0.05, 0) is 49.2 Å². The molecule has 1 aromatic carbocycles. The van der Waals surface area contributed by atoms with Crippen molar-refractivity contribution in [2.75, 3.05) is 7.11 Å². The Kier molecular flexibility index (Phi) is 5.76. The zero-order valence-corrected chi connectivity index (χ0v) is 14.5. The zero-order chi connectivity index (χ0) is 17.6. The second-order valence-corrected chi connectivity index (χ2v) is 6.53. The molecule has 0 saturated heterocycles. The molecule has 5 nitrogen and oxygen atoms in total. The Bertz CT molecular complexity index is 692. The number of aliphatic hydroxyl groups excluding tert-OH is 1. The SMILES string of the molecule is COc1ccc(-c2ccc(C(=O)N[C@H]3CCCCCC[C@@H]3O)o2)cc1. The van der Waals surface area contributed by atoms with E-state index in [1.54, 1.807) is 19.2 Å². The van der Waals surface area contributed by atoms with Gasteiger partial charge in [-0.15, -0.1) is 0 Å². The molecule has 1 fully saturated rings. The van der Waals surface area contributed by atoms with E-state index >= 15 is 0 Å². The van der Waals surface area contributed by atoms with E-state index in [0.717, 1.165) is 49.8 Å². The number of carbonyl (C=O) groups excluding carboxylic acids is 1. The molecule has 1 amide bonds. The molecular weight excluding hydrogens is 318 g/mol. The van der Waals surface area contributed by atoms with Gasteiger partial charge in [-0.25, -0.2) is 0 Å². The van der Waals surface area contributed by atoms with Crippen LogP contribution in [-0.4, -0.2) is 30.3 Å². The summed E-state index contributed by atoms with van der Waals surface area (Å²) in [5.74, 6) is 1.39. The second-order valence-electron chi connectivity index (χ2n) is 6.53. The highest BCUT2D eigenvalue weighted by atomic mass is 16.5. The first kappa shape index (κ1) is 17.5. The minimum Gasteiger partial charge on any atom is -0.497 e. The third-order valence-electron chi connectivity index (χ3n) is 4.75. The summed E-state index contributed by atoms with van der Waals surface area (Å²) in [5.41, 5.74) is 0.880. The molecule has 0 bridgehead atoms. The fraction of sp³-hybridized carbons (Fsp3) is 0.450. The Balaban J connectivity index is 1.67. The van der Waals surface area contributed by atoms with Crippen LogP contribution in [0.3, 0.4) is 0 Å². The molecule has 0 radical (unpaired) electrons. The lowest BCUT2D eigenvalue weighted by atomic mass is 9.94. The maximum atomic E-state index is 12.5. The molecule has 134 valence electrons. The number of hydrogen-bond donors (Lipinski definition) is 2. The Morgan fingerprint density at radius 3 is 2.52 bits per heavy atom. The molecule has 1 aliphatic carbocycles. The van der Waals surface area contributed by atoms with Crippen molar-refractivity contribution in [1.82, 2.24) is 5.32 Å². The van der Waals surface area contributed by atoms with Gasteiger partial charge >= 0.3 is 0 Å². The van der Waals surface area contributed by atoms with E-state index < -0.39 is 6.10 Å². The Morgan fingerprint density at radius 2 is 1.80 bits per heavy atom. The normalized spacial score (nSPS) is 21.2. The lowest BCUT2D eigenvalue weighted by molar-refractivity contribution is 0.0750. The Labute approximate surface area is 148 Å². The van der Waals surface area contributed by atoms with Gasteiger partial charge in [0.15, 0.2) is 5.76 Å². The molecule has 1 aliphatic rings. The molecule has 25 heavy (non-hydrogen) atoms. The summed E-state index contributed by atoms with van der Waals surface area (Å²) in [6.07, 6.45) is 5.40. The number of methoxy groups -OCH3 is 1. The van der Waals surface area contributed by atoms with Crippen molar-refractivity contribution in [2.24, 2.45) is 0 Å². The van der Waals surface area contributed by atoms with Gasteiger partial charge in [-0.2, -0.15) is 0 Å². The molecule has 2 aromatic rings. The van der Waals surface area contributed by atoms with Crippen molar-refractivity contribution in [1.29, 1.82) is 0 Å². The average Bonchev–Trinajstić information content (AvgIpc) is 3.12. The first-order chi connectivity index (χ1) is 12.2. The van der Waals surface area contributed by atoms with Crippen molar-refractivity contribution in [3.05, 3.63) is 42.2 Å². The number of nitrogens with one attached hydrogen (secondary N) is 1. The minimum atomic E-state index is -0.486. The zero-order valence-electron chi connectivity index (χ0n) is 14.5. The summed E-state index contributed by atoms with van der Waals surface area (Å²) in [6.45, 7) is 0. The van der Waals surface area contributed by atoms with Crippen LogP contribution >= 0.6 is 0 Å². The number of carbonyl (C=O) groups is 1. The van der Waals surface area contributed by atoms with Crippen molar-refractivity contribution >= 4 is 5.91 Å². The van der Waals surface area contributed by atoms with Gasteiger partial charge in [0.05, 0.1) is 19.3 Å². The maximum Gasteiger partial charge on any atom is 0.287 e. The van der Waals surface area contributed by atoms with Gasteiger partial charge in [-0.3, -0.25) is 4.79 Å². The summed E-state index contributed by atoms with van der Waals surface area (Å²) in [4.78, 5) is 12.5. The number of amides is 1. The molecular formula is C20H25NO4. The molecule has 0 unspecified atom stereocenters. The van der Waals surface area contributed by atoms with Crippen LogP contribution in [0.15, 0.2) is 40.8 Å². The fourth-order valence-corrected chi connectivity index (χ4v) is 3.24. The predicted octanol–water partition coefficient (Wildman–Crippen LogP) is 3.77. The summed E-state index contributed by atoms with van der Waals surface area (Å²) in [5, 5.41) is 13.2. The van der Waals surface area contributed by atoms with Gasteiger partial charge in [0.25, 0.3) is 5.91 Å². The van der Waals surface area contributed by atoms with Crippen molar-refractivity contribution < 1.29 is 19.1 Å². The van der Waals surface area contributed by atoms with E-state index in [1.807, 2.05) is 24.3 Å². The highest BCUT2D eigenvalue weighted by molar-refractivity contribution is 5.92. The summed E-state index contributed by atoms with van der Waals surface area (Å²) in [6, 6.07) is 10.7. The van der Waals surface area contributed by atoms with Crippen molar-refractivity contribution in [3.63, 3.8) is 0 Å². The van der Waals surface area contributed by atoms with Gasteiger partial charge in [0.1, 0.15) is 11.5 Å². The average molecular weight is 343 g/mol. The van der Waals surface area contributed by atoms with E-state index in [9.17, 15) is 9.90 Å². The van der Waals surface area contributed by atoms with E-state index in [0.29, 0.717) is 5.76 Å². The lowest BCUT2D eigenvalue weighted by Gasteiger charge is -2.25. The van der Waals surface area contributed by atoms with Crippen molar-refractivity contribution in [2.45, 2.75) is 50.7 Å². The summed E-state index contributed by atoms with van der Waals surface area (Å²) in [7, 11) is 1.62. The van der Waals surface area contributed by atoms with E-state index in [1.165, 1.54) is 0 Å². The monoisotopic (exact) mass is 343 g/mol. The van der Waals surface area contributed by atoms with E-state index in [2.05, 4.69) is 5.32 Å². The van der Waals surface area contributed by atoms with Crippen LogP contribution in [0.2, 0.25) is 0 Å². The second kappa shape index (κ2) is 8.21. The van der Waals surface area contributed by atoms with E-state index in [4.69, 9.17) is 9.15 Å². The van der Waals surface area contributed by atoms with Gasteiger partial charge in [0.2, 0.25) is 0 Å². The van der Waals surface area contributed by atoms with E-state index in [-0.39, 0.29) is 17.7 Å². The maximum absolute atomic E-state index is 12.5. The van der Waals surface area contributed by atoms with Crippen molar-refractivity contribution in [3.8, 4) is 17.1 Å². The third kappa shape index (κ3) is 4.42. The Hall–Kier alpha value is -2.27. The van der Waals surface area contributed by atoms with Crippen LogP contribution in [0.25, 0.3) is 11.3 Å². The predicted molar refractivity (Wildman–Crippen MR) is 95.7 cm³/mol. The van der Waals surface area contributed by atoms with Gasteiger partial charge in [-0.1, -0.05) is 25.7 Å². The lowest BCUT2D eigenvalue weighted by Crippen LogP contribution is -2.43. The molecule has 3 rings (SSSR count). The minimum absolute atomic E-state index is 0.206. The Morgan fingerprint density at radius 1 is 1.08 bits per heavy atom. The van der Waals surface area contributed by atoms with Crippen LogP contribution in [0.5, 0.6) is 5.75 Å². The first-order valence-electron chi connectivity index (χ1n) is 8.90. The standard InChI is InChI=1S/C20H25NO4/c1-24-15-10-8-14(9-11-15)18-12-13-19(25-18)20(23)21-16-6-4-2-3-5-7-17(16)22/h8-13,16-17,22H,2-7H2,1H3,(H,21,23)/t16-,17-/m0/s1. The largest absolute Gasteiger partial charge is 0.497 e. The molecule has 0 spiro atoms. The molecule has 2 atom stereocenters. The molecule has 1 heterocycles. The molecule has 1 saturated carbocycles. The molecule has 1 aromatic heterocycles. The smallest absolute Gasteiger partial charge is 0.287 e. The third-order valence-corrected chi connectivity index (χ3v) is 4.75. The van der Waals surface area contributed by atoms with Crippen LogP contribution < -0.4 is 10.1 Å². The van der Waals surface area contributed by atoms with Gasteiger partial charge < -0.3 is 19.6 Å². The number of aliphatic hydroxyl groups is 1.